The van der Waals surface area contributed by atoms with Gasteiger partial charge in [0.15, 0.2) is 0 Å². The van der Waals surface area contributed by atoms with Crippen LogP contribution in [-0.4, -0.2) is 121 Å². The number of fused-ring (bicyclic) bond motifs is 1. The van der Waals surface area contributed by atoms with Crippen molar-refractivity contribution in [2.75, 3.05) is 65.7 Å². The van der Waals surface area contributed by atoms with E-state index in [1.165, 1.54) is 0 Å². The van der Waals surface area contributed by atoms with Gasteiger partial charge in [-0.25, -0.2) is 0 Å². The van der Waals surface area contributed by atoms with Crippen molar-refractivity contribution in [2.24, 2.45) is 11.8 Å². The zero-order chi connectivity index (χ0) is 28.8. The summed E-state index contributed by atoms with van der Waals surface area (Å²) in [6.07, 6.45) is 8.04. The minimum Gasteiger partial charge on any atom is -0.465 e. The fourth-order valence-corrected chi connectivity index (χ4v) is 7.07. The molecule has 4 saturated heterocycles. The number of carbonyl (C=O) groups excluding carboxylic acids is 3. The molecule has 10 nitrogen and oxygen atoms in total. The lowest BCUT2D eigenvalue weighted by molar-refractivity contribution is -0.160. The number of carbonyl (C=O) groups is 3. The van der Waals surface area contributed by atoms with Crippen LogP contribution in [0.5, 0.6) is 0 Å². The molecule has 0 radical (unpaired) electrons. The van der Waals surface area contributed by atoms with Gasteiger partial charge in [0.05, 0.1) is 31.3 Å². The van der Waals surface area contributed by atoms with Gasteiger partial charge in [-0.2, -0.15) is 0 Å². The molecular weight excluding hydrogens is 514 g/mol. The normalized spacial score (nSPS) is 31.3. The third-order valence-electron chi connectivity index (χ3n) is 9.07. The Hall–Kier alpha value is -2.27. The molecule has 4 fully saturated rings. The number of rotatable bonds is 16. The lowest BCUT2D eigenvalue weighted by Gasteiger charge is -2.37. The minimum atomic E-state index is -1.07. The van der Waals surface area contributed by atoms with Gasteiger partial charge in [0.1, 0.15) is 17.6 Å². The monoisotopic (exact) mass is 561 g/mol. The van der Waals surface area contributed by atoms with Crippen LogP contribution in [0.1, 0.15) is 51.9 Å². The van der Waals surface area contributed by atoms with E-state index < -0.39 is 35.0 Å². The second-order valence-electron chi connectivity index (χ2n) is 11.7. The van der Waals surface area contributed by atoms with Crippen molar-refractivity contribution in [3.05, 3.63) is 25.3 Å². The van der Waals surface area contributed by atoms with Gasteiger partial charge in [-0.1, -0.05) is 12.2 Å². The van der Waals surface area contributed by atoms with E-state index in [0.717, 1.165) is 25.9 Å². The van der Waals surface area contributed by atoms with E-state index in [4.69, 9.17) is 14.2 Å². The minimum absolute atomic E-state index is 0.0821. The second-order valence-corrected chi connectivity index (χ2v) is 11.7. The molecule has 0 aliphatic carbocycles. The number of esters is 1. The van der Waals surface area contributed by atoms with Gasteiger partial charge in [0.25, 0.3) is 0 Å². The van der Waals surface area contributed by atoms with E-state index in [9.17, 15) is 19.5 Å². The third-order valence-corrected chi connectivity index (χ3v) is 9.07. The smallest absolute Gasteiger partial charge is 0.312 e. The average molecular weight is 562 g/mol. The van der Waals surface area contributed by atoms with Gasteiger partial charge >= 0.3 is 5.97 Å². The van der Waals surface area contributed by atoms with Gasteiger partial charge in [-0.05, 0) is 51.9 Å². The molecule has 2 amide bonds. The summed E-state index contributed by atoms with van der Waals surface area (Å²) in [5.41, 5.74) is -1.92. The number of aliphatic hydroxyl groups is 1. The van der Waals surface area contributed by atoms with Gasteiger partial charge in [-0.15, -0.1) is 13.2 Å². The molecule has 4 rings (SSSR count). The van der Waals surface area contributed by atoms with Crippen molar-refractivity contribution in [3.8, 4) is 0 Å². The predicted molar refractivity (Wildman–Crippen MR) is 149 cm³/mol. The summed E-state index contributed by atoms with van der Waals surface area (Å²) in [6.45, 7) is 14.7. The lowest BCUT2D eigenvalue weighted by Crippen LogP contribution is -2.57. The van der Waals surface area contributed by atoms with E-state index in [1.54, 1.807) is 22.0 Å². The van der Waals surface area contributed by atoms with Crippen LogP contribution in [0.25, 0.3) is 0 Å². The summed E-state index contributed by atoms with van der Waals surface area (Å²) >= 11 is 0. The summed E-state index contributed by atoms with van der Waals surface area (Å²) in [6, 6.07) is -0.816. The van der Waals surface area contributed by atoms with Crippen LogP contribution in [-0.2, 0) is 28.6 Å². The van der Waals surface area contributed by atoms with Crippen molar-refractivity contribution in [2.45, 2.75) is 69.1 Å². The molecule has 1 N–H and O–H groups in total. The second kappa shape index (κ2) is 13.6. The number of likely N-dealkylation sites (tertiary alicyclic amines) is 1. The zero-order valence-electron chi connectivity index (χ0n) is 24.1. The van der Waals surface area contributed by atoms with Gasteiger partial charge < -0.3 is 29.1 Å². The molecule has 0 aromatic rings. The van der Waals surface area contributed by atoms with Crippen molar-refractivity contribution >= 4 is 17.8 Å². The molecule has 2 unspecified atom stereocenters. The summed E-state index contributed by atoms with van der Waals surface area (Å²) in [4.78, 5) is 47.7. The number of hydrogen-bond donors (Lipinski definition) is 1. The molecule has 4 aliphatic heterocycles. The van der Waals surface area contributed by atoms with Crippen molar-refractivity contribution in [3.63, 3.8) is 0 Å². The predicted octanol–water partition coefficient (Wildman–Crippen LogP) is 1.77. The summed E-state index contributed by atoms with van der Waals surface area (Å²) < 4.78 is 17.8. The Balaban J connectivity index is 1.59. The Bertz CT molecular complexity index is 938. The van der Waals surface area contributed by atoms with E-state index >= 15 is 0 Å². The average Bonchev–Trinajstić information content (AvgIpc) is 3.52. The van der Waals surface area contributed by atoms with Crippen LogP contribution in [0.15, 0.2) is 25.3 Å². The molecule has 1 spiro atoms. The van der Waals surface area contributed by atoms with Crippen LogP contribution < -0.4 is 0 Å². The SMILES string of the molecule is C=CCCCOC(=O)[C@@H]1[C@H]2C(=O)N(CCCCCO)C(C(=O)N(CC=C)CCN3CCOCC3)C23CC[C@@]1(C)O3. The summed E-state index contributed by atoms with van der Waals surface area (Å²) in [5, 5.41) is 9.25. The quantitative estimate of drug-likeness (QED) is 0.173. The highest BCUT2D eigenvalue weighted by Crippen LogP contribution is 2.63. The van der Waals surface area contributed by atoms with Gasteiger partial charge in [-0.3, -0.25) is 19.3 Å². The molecular formula is C30H47N3O7. The number of ether oxygens (including phenoxy) is 3. The van der Waals surface area contributed by atoms with Crippen molar-refractivity contribution in [1.29, 1.82) is 0 Å². The molecule has 2 bridgehead atoms. The molecule has 40 heavy (non-hydrogen) atoms. The first-order valence-corrected chi connectivity index (χ1v) is 14.9. The maximum Gasteiger partial charge on any atom is 0.312 e. The van der Waals surface area contributed by atoms with E-state index in [1.807, 2.05) is 6.92 Å². The number of morpholine rings is 1. The van der Waals surface area contributed by atoms with Crippen LogP contribution >= 0.6 is 0 Å². The molecule has 0 saturated carbocycles. The van der Waals surface area contributed by atoms with Crippen LogP contribution in [0.4, 0.5) is 0 Å². The standard InChI is InChI=1S/C30H47N3O7/c1-4-6-10-20-39-28(37)24-23-26(35)33(14-8-7-9-19-34)25(30(23)12-11-29(24,3)40-30)27(36)32(13-5-2)16-15-31-17-21-38-22-18-31/h4-5,23-25,34H,1-2,6-22H2,3H3/t23-,24-,25?,29+,30?/m0/s1. The van der Waals surface area contributed by atoms with Crippen LogP contribution in [0.3, 0.4) is 0 Å². The molecule has 0 aromatic heterocycles. The van der Waals surface area contributed by atoms with Gasteiger partial charge in [0.2, 0.25) is 11.8 Å². The van der Waals surface area contributed by atoms with E-state index in [0.29, 0.717) is 71.5 Å². The Morgan fingerprint density at radius 1 is 1.12 bits per heavy atom. The maximum atomic E-state index is 14.4. The molecule has 224 valence electrons. The maximum absolute atomic E-state index is 14.4. The van der Waals surface area contributed by atoms with E-state index in [-0.39, 0.29) is 25.0 Å². The molecule has 10 heteroatoms. The number of allylic oxidation sites excluding steroid dienone is 1. The Labute approximate surface area is 238 Å². The largest absolute Gasteiger partial charge is 0.465 e. The topological polar surface area (TPSA) is 109 Å². The zero-order valence-corrected chi connectivity index (χ0v) is 24.1. The highest BCUT2D eigenvalue weighted by atomic mass is 16.6. The third kappa shape index (κ3) is 6.00. The summed E-state index contributed by atoms with van der Waals surface area (Å²) in [5.74, 6) is -2.29. The first-order valence-electron chi connectivity index (χ1n) is 14.9. The Kier molecular flexibility index (Phi) is 10.4. The number of aliphatic hydroxyl groups excluding tert-OH is 1. The molecule has 4 heterocycles. The van der Waals surface area contributed by atoms with Crippen LogP contribution in [0.2, 0.25) is 0 Å². The number of nitrogens with zero attached hydrogens (tertiary/aromatic N) is 3. The highest BCUT2D eigenvalue weighted by Gasteiger charge is 2.78. The fraction of sp³-hybridized carbons (Fsp3) is 0.767. The summed E-state index contributed by atoms with van der Waals surface area (Å²) in [7, 11) is 0. The fourth-order valence-electron chi connectivity index (χ4n) is 7.07. The first kappa shape index (κ1) is 30.7. The first-order chi connectivity index (χ1) is 19.3. The molecule has 0 aromatic carbocycles. The highest BCUT2D eigenvalue weighted by molar-refractivity contribution is 5.98. The molecule has 4 aliphatic rings. The van der Waals surface area contributed by atoms with E-state index in [2.05, 4.69) is 18.1 Å². The Morgan fingerprint density at radius 2 is 1.90 bits per heavy atom. The van der Waals surface area contributed by atoms with Gasteiger partial charge in [0, 0.05) is 45.9 Å². The van der Waals surface area contributed by atoms with Crippen LogP contribution in [0, 0.1) is 11.8 Å². The van der Waals surface area contributed by atoms with Crippen molar-refractivity contribution in [1.82, 2.24) is 14.7 Å². The number of unbranched alkanes of at least 4 members (excludes halogenated alkanes) is 3. The number of amides is 2. The molecule has 5 atom stereocenters. The Morgan fingerprint density at radius 3 is 2.60 bits per heavy atom. The number of hydrogen-bond acceptors (Lipinski definition) is 8. The van der Waals surface area contributed by atoms with Crippen molar-refractivity contribution < 1.29 is 33.7 Å². The lowest BCUT2D eigenvalue weighted by atomic mass is 9.66.